The molecule has 0 aliphatic carbocycles. The van der Waals surface area contributed by atoms with Crippen molar-refractivity contribution in [2.24, 2.45) is 0 Å². The Kier molecular flexibility index (Phi) is 4.49. The summed E-state index contributed by atoms with van der Waals surface area (Å²) in [7, 11) is -3.85. The molecule has 7 heteroatoms. The maximum absolute atomic E-state index is 12.4. The van der Waals surface area contributed by atoms with E-state index in [0.717, 1.165) is 22.0 Å². The summed E-state index contributed by atoms with van der Waals surface area (Å²) in [4.78, 5) is 4.50. The van der Waals surface area contributed by atoms with Crippen LogP contribution in [0.1, 0.15) is 11.1 Å². The molecule has 0 fully saturated rings. The minimum Gasteiger partial charge on any atom is -0.486 e. The fourth-order valence-corrected chi connectivity index (χ4v) is 3.83. The van der Waals surface area contributed by atoms with Gasteiger partial charge in [0.1, 0.15) is 13.2 Å². The normalized spacial score (nSPS) is 16.4. The van der Waals surface area contributed by atoms with Crippen LogP contribution in [0.5, 0.6) is 11.5 Å². The summed E-state index contributed by atoms with van der Waals surface area (Å²) in [6.07, 6.45) is 1.25. The third-order valence-electron chi connectivity index (χ3n) is 4.34. The van der Waals surface area contributed by atoms with E-state index in [-0.39, 0.29) is 18.1 Å². The van der Waals surface area contributed by atoms with Crippen LogP contribution in [0, 0.1) is 13.8 Å². The first-order valence-electron chi connectivity index (χ1n) is 8.57. The predicted molar refractivity (Wildman–Crippen MR) is 101 cm³/mol. The zero-order chi connectivity index (χ0) is 19.0. The molecule has 1 aromatic heterocycles. The van der Waals surface area contributed by atoms with E-state index in [1.165, 1.54) is 12.1 Å². The molecule has 0 unspecified atom stereocenters. The SMILES string of the molecule is Cc1ccc(S(=O)(=O)OC[C@H]2COc3ccc4ncc(C)cc4c3O2)cc1. The maximum Gasteiger partial charge on any atom is 0.297 e. The number of aryl methyl sites for hydroxylation is 2. The van der Waals surface area contributed by atoms with E-state index in [1.54, 1.807) is 24.4 Å². The second kappa shape index (κ2) is 6.83. The number of aromatic nitrogens is 1. The molecule has 0 N–H and O–H groups in total. The van der Waals surface area contributed by atoms with Crippen LogP contribution in [0.4, 0.5) is 0 Å². The van der Waals surface area contributed by atoms with Crippen molar-refractivity contribution in [1.82, 2.24) is 4.98 Å². The molecule has 2 heterocycles. The molecule has 0 radical (unpaired) electrons. The largest absolute Gasteiger partial charge is 0.486 e. The minimum absolute atomic E-state index is 0.121. The molecule has 3 aromatic rings. The van der Waals surface area contributed by atoms with Gasteiger partial charge in [-0.3, -0.25) is 9.17 Å². The Hall–Kier alpha value is -2.64. The summed E-state index contributed by atoms with van der Waals surface area (Å²) in [6.45, 7) is 3.92. The summed E-state index contributed by atoms with van der Waals surface area (Å²) in [6, 6.07) is 12.2. The highest BCUT2D eigenvalue weighted by Gasteiger charge is 2.26. The Morgan fingerprint density at radius 2 is 1.89 bits per heavy atom. The second-order valence-corrected chi connectivity index (χ2v) is 8.19. The molecule has 0 spiro atoms. The van der Waals surface area contributed by atoms with Crippen LogP contribution < -0.4 is 9.47 Å². The lowest BCUT2D eigenvalue weighted by atomic mass is 10.1. The summed E-state index contributed by atoms with van der Waals surface area (Å²) in [5, 5.41) is 0.832. The van der Waals surface area contributed by atoms with Crippen LogP contribution in [0.15, 0.2) is 53.6 Å². The van der Waals surface area contributed by atoms with Crippen molar-refractivity contribution in [1.29, 1.82) is 0 Å². The van der Waals surface area contributed by atoms with E-state index < -0.39 is 16.2 Å². The van der Waals surface area contributed by atoms with Crippen molar-refractivity contribution in [2.75, 3.05) is 13.2 Å². The van der Waals surface area contributed by atoms with Gasteiger partial charge in [0.15, 0.2) is 17.6 Å². The molecule has 6 nitrogen and oxygen atoms in total. The number of nitrogens with zero attached hydrogens (tertiary/aromatic N) is 1. The monoisotopic (exact) mass is 385 g/mol. The van der Waals surface area contributed by atoms with Gasteiger partial charge in [-0.05, 0) is 49.7 Å². The van der Waals surface area contributed by atoms with Gasteiger partial charge in [-0.15, -0.1) is 0 Å². The summed E-state index contributed by atoms with van der Waals surface area (Å²) < 4.78 is 41.7. The fourth-order valence-electron chi connectivity index (χ4n) is 2.90. The molecular formula is C20H19NO5S. The van der Waals surface area contributed by atoms with E-state index in [9.17, 15) is 8.42 Å². The maximum atomic E-state index is 12.4. The van der Waals surface area contributed by atoms with E-state index in [1.807, 2.05) is 26.0 Å². The lowest BCUT2D eigenvalue weighted by molar-refractivity contribution is 0.0571. The standard InChI is InChI=1S/C20H19NO5S/c1-13-3-5-16(6-4-13)27(22,23)25-12-15-11-24-19-8-7-18-17(20(19)26-15)9-14(2)10-21-18/h3-10,15H,11-12H2,1-2H3/t15-/m1/s1. The van der Waals surface area contributed by atoms with Crippen molar-refractivity contribution in [3.8, 4) is 11.5 Å². The number of benzene rings is 2. The number of ether oxygens (including phenoxy) is 2. The van der Waals surface area contributed by atoms with Crippen molar-refractivity contribution in [2.45, 2.75) is 24.8 Å². The molecule has 0 saturated heterocycles. The average Bonchev–Trinajstić information content (AvgIpc) is 2.66. The lowest BCUT2D eigenvalue weighted by Crippen LogP contribution is -2.34. The van der Waals surface area contributed by atoms with E-state index >= 15 is 0 Å². The Morgan fingerprint density at radius 3 is 2.67 bits per heavy atom. The Morgan fingerprint density at radius 1 is 1.11 bits per heavy atom. The molecule has 1 aliphatic rings. The van der Waals surface area contributed by atoms with E-state index in [2.05, 4.69) is 4.98 Å². The van der Waals surface area contributed by atoms with Gasteiger partial charge < -0.3 is 9.47 Å². The van der Waals surface area contributed by atoms with Crippen LogP contribution in [-0.2, 0) is 14.3 Å². The highest BCUT2D eigenvalue weighted by molar-refractivity contribution is 7.86. The first kappa shape index (κ1) is 17.8. The summed E-state index contributed by atoms with van der Waals surface area (Å²) in [5.74, 6) is 1.18. The zero-order valence-corrected chi connectivity index (χ0v) is 15.8. The molecule has 0 saturated carbocycles. The number of hydrogen-bond donors (Lipinski definition) is 0. The topological polar surface area (TPSA) is 74.7 Å². The first-order chi connectivity index (χ1) is 12.9. The molecular weight excluding hydrogens is 366 g/mol. The Bertz CT molecular complexity index is 1090. The highest BCUT2D eigenvalue weighted by Crippen LogP contribution is 2.38. The molecule has 27 heavy (non-hydrogen) atoms. The van der Waals surface area contributed by atoms with Gasteiger partial charge in [-0.25, -0.2) is 0 Å². The third kappa shape index (κ3) is 3.61. The van der Waals surface area contributed by atoms with Crippen LogP contribution in [0.2, 0.25) is 0 Å². The average molecular weight is 385 g/mol. The summed E-state index contributed by atoms with van der Waals surface area (Å²) >= 11 is 0. The second-order valence-electron chi connectivity index (χ2n) is 6.57. The quantitative estimate of drug-likeness (QED) is 0.641. The first-order valence-corrected chi connectivity index (χ1v) is 9.98. The van der Waals surface area contributed by atoms with Gasteiger partial charge in [0.05, 0.1) is 10.4 Å². The number of pyridine rings is 1. The number of rotatable bonds is 4. The van der Waals surface area contributed by atoms with Crippen LogP contribution >= 0.6 is 0 Å². The van der Waals surface area contributed by atoms with Gasteiger partial charge in [0, 0.05) is 11.6 Å². The minimum atomic E-state index is -3.85. The van der Waals surface area contributed by atoms with Gasteiger partial charge in [-0.1, -0.05) is 17.7 Å². The fraction of sp³-hybridized carbons (Fsp3) is 0.250. The van der Waals surface area contributed by atoms with Crippen molar-refractivity contribution in [3.63, 3.8) is 0 Å². The molecule has 140 valence electrons. The smallest absolute Gasteiger partial charge is 0.297 e. The van der Waals surface area contributed by atoms with Gasteiger partial charge >= 0.3 is 0 Å². The highest BCUT2D eigenvalue weighted by atomic mass is 32.2. The Labute approximate surface area is 157 Å². The van der Waals surface area contributed by atoms with E-state index in [4.69, 9.17) is 13.7 Å². The van der Waals surface area contributed by atoms with Gasteiger partial charge in [0.25, 0.3) is 10.1 Å². The molecule has 2 aromatic carbocycles. The lowest BCUT2D eigenvalue weighted by Gasteiger charge is -2.27. The third-order valence-corrected chi connectivity index (χ3v) is 5.64. The van der Waals surface area contributed by atoms with Crippen LogP contribution in [-0.4, -0.2) is 32.7 Å². The van der Waals surface area contributed by atoms with E-state index in [0.29, 0.717) is 11.5 Å². The molecule has 1 aliphatic heterocycles. The summed E-state index contributed by atoms with van der Waals surface area (Å²) in [5.41, 5.74) is 2.77. The zero-order valence-electron chi connectivity index (χ0n) is 15.0. The molecule has 0 bridgehead atoms. The number of hydrogen-bond acceptors (Lipinski definition) is 6. The van der Waals surface area contributed by atoms with Crippen molar-refractivity contribution >= 4 is 21.0 Å². The molecule has 1 atom stereocenters. The predicted octanol–water partition coefficient (Wildman–Crippen LogP) is 3.40. The van der Waals surface area contributed by atoms with Gasteiger partial charge in [0.2, 0.25) is 0 Å². The van der Waals surface area contributed by atoms with Crippen LogP contribution in [0.3, 0.4) is 0 Å². The Balaban J connectivity index is 1.53. The van der Waals surface area contributed by atoms with Crippen LogP contribution in [0.25, 0.3) is 10.9 Å². The number of fused-ring (bicyclic) bond motifs is 3. The van der Waals surface area contributed by atoms with Gasteiger partial charge in [-0.2, -0.15) is 8.42 Å². The molecule has 4 rings (SSSR count). The van der Waals surface area contributed by atoms with Crippen molar-refractivity contribution < 1.29 is 22.1 Å². The molecule has 0 amide bonds. The van der Waals surface area contributed by atoms with Crippen molar-refractivity contribution in [3.05, 3.63) is 59.8 Å².